The summed E-state index contributed by atoms with van der Waals surface area (Å²) in [6.45, 7) is 8.87. The molecule has 4 nitrogen and oxygen atoms in total. The van der Waals surface area contributed by atoms with Crippen LogP contribution in [0, 0.1) is 13.8 Å². The van der Waals surface area contributed by atoms with Gasteiger partial charge in [0.2, 0.25) is 0 Å². The average molecular weight is 386 g/mol. The molecule has 1 heterocycles. The smallest absolute Gasteiger partial charge is 0.265 e. The summed E-state index contributed by atoms with van der Waals surface area (Å²) in [6, 6.07) is 20.3. The van der Waals surface area contributed by atoms with Crippen molar-refractivity contribution in [2.45, 2.75) is 40.3 Å². The zero-order chi connectivity index (χ0) is 20.5. The van der Waals surface area contributed by atoms with E-state index in [1.807, 2.05) is 50.2 Å². The molecule has 1 amide bonds. The fourth-order valence-electron chi connectivity index (χ4n) is 3.81. The molecule has 0 aliphatic rings. The summed E-state index contributed by atoms with van der Waals surface area (Å²) < 4.78 is 8.22. The number of carbonyl (C=O) groups excluding carboxylic acids is 1. The molecule has 4 aromatic rings. The van der Waals surface area contributed by atoms with Gasteiger partial charge in [0, 0.05) is 34.0 Å². The Morgan fingerprint density at radius 1 is 1.00 bits per heavy atom. The Morgan fingerprint density at radius 3 is 2.55 bits per heavy atom. The fourth-order valence-corrected chi connectivity index (χ4v) is 3.81. The molecular weight excluding hydrogens is 360 g/mol. The minimum Gasteiger partial charge on any atom is -0.481 e. The number of hydrogen-bond donors (Lipinski definition) is 1. The number of para-hydroxylation sites is 1. The van der Waals surface area contributed by atoms with Crippen LogP contribution in [-0.4, -0.2) is 16.6 Å². The van der Waals surface area contributed by atoms with Crippen molar-refractivity contribution in [2.24, 2.45) is 0 Å². The van der Waals surface area contributed by atoms with Gasteiger partial charge in [0.05, 0.1) is 0 Å². The molecule has 4 rings (SSSR count). The van der Waals surface area contributed by atoms with E-state index in [1.165, 1.54) is 16.4 Å². The van der Waals surface area contributed by atoms with Gasteiger partial charge in [-0.15, -0.1) is 0 Å². The van der Waals surface area contributed by atoms with Crippen LogP contribution in [0.4, 0.5) is 5.69 Å². The van der Waals surface area contributed by atoms with Gasteiger partial charge in [-0.2, -0.15) is 0 Å². The third kappa shape index (κ3) is 3.46. The molecule has 0 aliphatic heterocycles. The average Bonchev–Trinajstić information content (AvgIpc) is 3.04. The maximum Gasteiger partial charge on any atom is 0.265 e. The number of aryl methyl sites for hydroxylation is 2. The summed E-state index contributed by atoms with van der Waals surface area (Å²) in [5, 5.41) is 5.34. The van der Waals surface area contributed by atoms with E-state index in [-0.39, 0.29) is 5.91 Å². The predicted octanol–water partition coefficient (Wildman–Crippen LogP) is 5.84. The van der Waals surface area contributed by atoms with E-state index in [0.717, 1.165) is 34.5 Å². The van der Waals surface area contributed by atoms with Gasteiger partial charge in [-0.1, -0.05) is 30.3 Å². The Kier molecular flexibility index (Phi) is 5.01. The number of hydrogen-bond acceptors (Lipinski definition) is 2. The first-order valence-corrected chi connectivity index (χ1v) is 10.0. The second-order valence-electron chi connectivity index (χ2n) is 7.44. The zero-order valence-electron chi connectivity index (χ0n) is 17.3. The number of carbonyl (C=O) groups is 1. The topological polar surface area (TPSA) is 43.3 Å². The summed E-state index contributed by atoms with van der Waals surface area (Å²) >= 11 is 0. The van der Waals surface area contributed by atoms with E-state index < -0.39 is 6.10 Å². The quantitative estimate of drug-likeness (QED) is 0.468. The number of nitrogens with zero attached hydrogens (tertiary/aromatic N) is 1. The van der Waals surface area contributed by atoms with Crippen molar-refractivity contribution < 1.29 is 9.53 Å². The summed E-state index contributed by atoms with van der Waals surface area (Å²) in [6.07, 6.45) is -0.594. The second kappa shape index (κ2) is 7.63. The van der Waals surface area contributed by atoms with Crippen molar-refractivity contribution in [3.05, 3.63) is 71.8 Å². The van der Waals surface area contributed by atoms with Crippen molar-refractivity contribution in [1.82, 2.24) is 4.57 Å². The number of benzene rings is 3. The Bertz CT molecular complexity index is 1210. The largest absolute Gasteiger partial charge is 0.481 e. The van der Waals surface area contributed by atoms with Crippen molar-refractivity contribution in [2.75, 3.05) is 5.32 Å². The van der Waals surface area contributed by atoms with Gasteiger partial charge in [0.25, 0.3) is 5.91 Å². The lowest BCUT2D eigenvalue weighted by Gasteiger charge is -2.17. The molecule has 1 unspecified atom stereocenters. The Balaban J connectivity index is 1.59. The maximum absolute atomic E-state index is 12.7. The molecular formula is C25H26N2O2. The van der Waals surface area contributed by atoms with E-state index in [4.69, 9.17) is 4.74 Å². The van der Waals surface area contributed by atoms with Gasteiger partial charge in [-0.05, 0) is 69.2 Å². The number of nitrogens with one attached hydrogen (secondary N) is 1. The first kappa shape index (κ1) is 19.1. The van der Waals surface area contributed by atoms with E-state index in [1.54, 1.807) is 6.92 Å². The molecule has 29 heavy (non-hydrogen) atoms. The van der Waals surface area contributed by atoms with Crippen LogP contribution in [0.15, 0.2) is 60.7 Å². The van der Waals surface area contributed by atoms with Crippen LogP contribution in [0.3, 0.4) is 0 Å². The van der Waals surface area contributed by atoms with Crippen LogP contribution in [0.2, 0.25) is 0 Å². The molecule has 0 saturated heterocycles. The highest BCUT2D eigenvalue weighted by molar-refractivity contribution is 6.10. The van der Waals surface area contributed by atoms with Crippen molar-refractivity contribution >= 4 is 33.4 Å². The van der Waals surface area contributed by atoms with Gasteiger partial charge >= 0.3 is 0 Å². The number of anilines is 1. The monoisotopic (exact) mass is 386 g/mol. The fraction of sp³-hybridized carbons (Fsp3) is 0.240. The molecule has 148 valence electrons. The molecule has 1 N–H and O–H groups in total. The molecule has 0 spiro atoms. The lowest BCUT2D eigenvalue weighted by molar-refractivity contribution is -0.122. The number of ether oxygens (including phenoxy) is 1. The van der Waals surface area contributed by atoms with Gasteiger partial charge < -0.3 is 14.6 Å². The van der Waals surface area contributed by atoms with Crippen molar-refractivity contribution in [1.29, 1.82) is 0 Å². The zero-order valence-corrected chi connectivity index (χ0v) is 17.3. The molecule has 3 aromatic carbocycles. The van der Waals surface area contributed by atoms with Crippen LogP contribution in [-0.2, 0) is 11.3 Å². The van der Waals surface area contributed by atoms with Gasteiger partial charge in [-0.25, -0.2) is 0 Å². The van der Waals surface area contributed by atoms with Crippen LogP contribution < -0.4 is 10.1 Å². The molecule has 0 fully saturated rings. The van der Waals surface area contributed by atoms with E-state index in [2.05, 4.69) is 41.1 Å². The number of amides is 1. The maximum atomic E-state index is 12.7. The lowest BCUT2D eigenvalue weighted by atomic mass is 10.1. The molecule has 0 saturated carbocycles. The predicted molar refractivity (Wildman–Crippen MR) is 120 cm³/mol. The summed E-state index contributed by atoms with van der Waals surface area (Å²) in [5.41, 5.74) is 5.36. The van der Waals surface area contributed by atoms with Gasteiger partial charge in [-0.3, -0.25) is 4.79 Å². The van der Waals surface area contributed by atoms with Crippen molar-refractivity contribution in [3.8, 4) is 5.75 Å². The van der Waals surface area contributed by atoms with Crippen molar-refractivity contribution in [3.63, 3.8) is 0 Å². The van der Waals surface area contributed by atoms with Gasteiger partial charge in [0.15, 0.2) is 6.10 Å². The highest BCUT2D eigenvalue weighted by Gasteiger charge is 2.17. The summed E-state index contributed by atoms with van der Waals surface area (Å²) in [7, 11) is 0. The molecule has 0 bridgehead atoms. The number of fused-ring (bicyclic) bond motifs is 3. The van der Waals surface area contributed by atoms with Crippen LogP contribution in [0.1, 0.15) is 25.0 Å². The van der Waals surface area contributed by atoms with Crippen LogP contribution in [0.5, 0.6) is 5.75 Å². The van der Waals surface area contributed by atoms with E-state index >= 15 is 0 Å². The Morgan fingerprint density at radius 2 is 1.76 bits per heavy atom. The minimum atomic E-state index is -0.594. The summed E-state index contributed by atoms with van der Waals surface area (Å²) in [5.74, 6) is 0.582. The SMILES string of the molecule is CCn1c2ccccc2c2cc(NC(=O)C(C)Oc3cccc(C)c3C)ccc21. The first-order chi connectivity index (χ1) is 14.0. The molecule has 1 atom stereocenters. The first-order valence-electron chi connectivity index (χ1n) is 10.0. The third-order valence-electron chi connectivity index (χ3n) is 5.58. The highest BCUT2D eigenvalue weighted by atomic mass is 16.5. The molecule has 4 heteroatoms. The molecule has 1 aromatic heterocycles. The number of aromatic nitrogens is 1. The van der Waals surface area contributed by atoms with Crippen LogP contribution in [0.25, 0.3) is 21.8 Å². The Hall–Kier alpha value is -3.27. The Labute approximate surface area is 171 Å². The third-order valence-corrected chi connectivity index (χ3v) is 5.58. The van der Waals surface area contributed by atoms with Crippen LogP contribution >= 0.6 is 0 Å². The number of rotatable bonds is 5. The minimum absolute atomic E-state index is 0.163. The highest BCUT2D eigenvalue weighted by Crippen LogP contribution is 2.31. The molecule has 0 aliphatic carbocycles. The van der Waals surface area contributed by atoms with E-state index in [0.29, 0.717) is 0 Å². The second-order valence-corrected chi connectivity index (χ2v) is 7.44. The van der Waals surface area contributed by atoms with E-state index in [9.17, 15) is 4.79 Å². The molecule has 0 radical (unpaired) electrons. The normalized spacial score (nSPS) is 12.3. The lowest BCUT2D eigenvalue weighted by Crippen LogP contribution is -2.30. The van der Waals surface area contributed by atoms with Gasteiger partial charge in [0.1, 0.15) is 5.75 Å². The summed E-state index contributed by atoms with van der Waals surface area (Å²) in [4.78, 5) is 12.7. The standard InChI is InChI=1S/C25H26N2O2/c1-5-27-22-11-7-6-10-20(22)21-15-19(13-14-23(21)27)26-25(28)18(4)29-24-12-8-9-16(2)17(24)3/h6-15,18H,5H2,1-4H3,(H,26,28).